The molecule has 0 saturated carbocycles. The summed E-state index contributed by atoms with van der Waals surface area (Å²) in [6, 6.07) is 3.38. The molecule has 0 amide bonds. The SMILES string of the molecule is CCN(C)/C=N\c1ccc(/C=N/O)o1. The van der Waals surface area contributed by atoms with Crippen LogP contribution < -0.4 is 0 Å². The van der Waals surface area contributed by atoms with E-state index in [0.717, 1.165) is 6.54 Å². The highest BCUT2D eigenvalue weighted by atomic mass is 16.4. The Kier molecular flexibility index (Phi) is 3.72. The van der Waals surface area contributed by atoms with Crippen LogP contribution in [0.15, 0.2) is 26.7 Å². The van der Waals surface area contributed by atoms with Crippen LogP contribution >= 0.6 is 0 Å². The molecule has 0 aliphatic carbocycles. The molecule has 0 spiro atoms. The molecule has 0 bridgehead atoms. The average molecular weight is 195 g/mol. The van der Waals surface area contributed by atoms with Gasteiger partial charge >= 0.3 is 0 Å². The van der Waals surface area contributed by atoms with E-state index in [1.54, 1.807) is 18.5 Å². The van der Waals surface area contributed by atoms with Crippen molar-refractivity contribution in [3.05, 3.63) is 17.9 Å². The molecule has 1 aromatic heterocycles. The Morgan fingerprint density at radius 1 is 1.57 bits per heavy atom. The first kappa shape index (κ1) is 10.3. The van der Waals surface area contributed by atoms with Crippen LogP contribution in [0.3, 0.4) is 0 Å². The Bertz CT molecular complexity index is 331. The van der Waals surface area contributed by atoms with Crippen LogP contribution in [0.25, 0.3) is 0 Å². The molecule has 5 heteroatoms. The van der Waals surface area contributed by atoms with Crippen molar-refractivity contribution in [2.75, 3.05) is 13.6 Å². The molecule has 1 rings (SSSR count). The molecular weight excluding hydrogens is 182 g/mol. The number of hydrogen-bond acceptors (Lipinski definition) is 4. The molecule has 0 aliphatic heterocycles. The number of nitrogens with zero attached hydrogens (tertiary/aromatic N) is 3. The zero-order chi connectivity index (χ0) is 10.4. The van der Waals surface area contributed by atoms with Gasteiger partial charge in [0.25, 0.3) is 0 Å². The Labute approximate surface area is 82.3 Å². The van der Waals surface area contributed by atoms with Gasteiger partial charge in [-0.2, -0.15) is 0 Å². The molecular formula is C9H13N3O2. The first-order valence-corrected chi connectivity index (χ1v) is 4.28. The standard InChI is InChI=1S/C9H13N3O2/c1-3-12(2)7-10-9-5-4-8(14-9)6-11-13/h4-7,13H,3H2,1-2H3/b10-7-,11-6+. The van der Waals surface area contributed by atoms with Crippen molar-refractivity contribution in [2.45, 2.75) is 6.92 Å². The first-order chi connectivity index (χ1) is 6.76. The molecule has 0 aromatic carbocycles. The minimum absolute atomic E-state index is 0.471. The largest absolute Gasteiger partial charge is 0.437 e. The van der Waals surface area contributed by atoms with Gasteiger partial charge in [-0.25, -0.2) is 4.99 Å². The molecule has 0 aliphatic rings. The molecule has 0 radical (unpaired) electrons. The monoisotopic (exact) mass is 195 g/mol. The Morgan fingerprint density at radius 2 is 2.36 bits per heavy atom. The molecule has 1 heterocycles. The Hall–Kier alpha value is -1.78. The van der Waals surface area contributed by atoms with Crippen LogP contribution in [-0.2, 0) is 0 Å². The van der Waals surface area contributed by atoms with E-state index in [1.165, 1.54) is 6.21 Å². The molecule has 0 saturated heterocycles. The van der Waals surface area contributed by atoms with Crippen molar-refractivity contribution in [2.24, 2.45) is 10.1 Å². The lowest BCUT2D eigenvalue weighted by Crippen LogP contribution is -2.14. The van der Waals surface area contributed by atoms with E-state index in [-0.39, 0.29) is 0 Å². The third-order valence-electron chi connectivity index (χ3n) is 1.68. The van der Waals surface area contributed by atoms with Crippen molar-refractivity contribution in [1.82, 2.24) is 4.90 Å². The Morgan fingerprint density at radius 3 is 3.00 bits per heavy atom. The molecule has 5 nitrogen and oxygen atoms in total. The summed E-state index contributed by atoms with van der Waals surface area (Å²) in [6.45, 7) is 2.91. The van der Waals surface area contributed by atoms with Gasteiger partial charge in [0.15, 0.2) is 5.76 Å². The van der Waals surface area contributed by atoms with Crippen LogP contribution in [0.4, 0.5) is 5.88 Å². The summed E-state index contributed by atoms with van der Waals surface area (Å²) in [5.74, 6) is 0.957. The molecule has 0 atom stereocenters. The number of furan rings is 1. The van der Waals surface area contributed by atoms with Crippen molar-refractivity contribution >= 4 is 18.4 Å². The second-order valence-corrected chi connectivity index (χ2v) is 2.74. The fourth-order valence-corrected chi connectivity index (χ4v) is 0.775. The van der Waals surface area contributed by atoms with E-state index < -0.39 is 0 Å². The lowest BCUT2D eigenvalue weighted by Gasteiger charge is -2.06. The molecule has 14 heavy (non-hydrogen) atoms. The van der Waals surface area contributed by atoms with Crippen LogP contribution in [0.1, 0.15) is 12.7 Å². The van der Waals surface area contributed by atoms with E-state index in [9.17, 15) is 0 Å². The third kappa shape index (κ3) is 2.93. The van der Waals surface area contributed by atoms with Gasteiger partial charge in [-0.1, -0.05) is 5.16 Å². The number of rotatable bonds is 4. The normalized spacial score (nSPS) is 11.6. The highest BCUT2D eigenvalue weighted by Gasteiger charge is 1.96. The molecule has 76 valence electrons. The highest BCUT2D eigenvalue weighted by molar-refractivity contribution is 5.76. The van der Waals surface area contributed by atoms with Crippen molar-refractivity contribution in [1.29, 1.82) is 0 Å². The average Bonchev–Trinajstić information content (AvgIpc) is 2.63. The fraction of sp³-hybridized carbons (Fsp3) is 0.333. The molecule has 0 unspecified atom stereocenters. The zero-order valence-corrected chi connectivity index (χ0v) is 8.21. The van der Waals surface area contributed by atoms with E-state index >= 15 is 0 Å². The van der Waals surface area contributed by atoms with Gasteiger partial charge < -0.3 is 14.5 Å². The summed E-state index contributed by atoms with van der Waals surface area (Å²) in [4.78, 5) is 5.99. The predicted molar refractivity (Wildman–Crippen MR) is 54.5 cm³/mol. The summed E-state index contributed by atoms with van der Waals surface area (Å²) in [7, 11) is 1.92. The van der Waals surface area contributed by atoms with E-state index in [1.807, 2.05) is 18.9 Å². The lowest BCUT2D eigenvalue weighted by molar-refractivity contribution is 0.321. The second kappa shape index (κ2) is 5.06. The number of aliphatic imine (C=N–C) groups is 1. The topological polar surface area (TPSA) is 61.3 Å². The van der Waals surface area contributed by atoms with Gasteiger partial charge in [0.2, 0.25) is 5.88 Å². The van der Waals surface area contributed by atoms with E-state index in [0.29, 0.717) is 11.6 Å². The summed E-state index contributed by atoms with van der Waals surface area (Å²) >= 11 is 0. The maximum absolute atomic E-state index is 8.25. The molecule has 1 aromatic rings. The zero-order valence-electron chi connectivity index (χ0n) is 8.21. The van der Waals surface area contributed by atoms with Crippen molar-refractivity contribution in [3.63, 3.8) is 0 Å². The van der Waals surface area contributed by atoms with Crippen molar-refractivity contribution in [3.8, 4) is 0 Å². The van der Waals surface area contributed by atoms with Gasteiger partial charge in [0, 0.05) is 19.7 Å². The van der Waals surface area contributed by atoms with E-state index in [4.69, 9.17) is 9.62 Å². The minimum Gasteiger partial charge on any atom is -0.437 e. The highest BCUT2D eigenvalue weighted by Crippen LogP contribution is 2.14. The quantitative estimate of drug-likeness (QED) is 0.344. The molecule has 0 fully saturated rings. The maximum Gasteiger partial charge on any atom is 0.220 e. The predicted octanol–water partition coefficient (Wildman–Crippen LogP) is 1.70. The maximum atomic E-state index is 8.25. The minimum atomic E-state index is 0.471. The van der Waals surface area contributed by atoms with Gasteiger partial charge in [-0.05, 0) is 13.0 Å². The van der Waals surface area contributed by atoms with Crippen LogP contribution in [0.5, 0.6) is 0 Å². The fourth-order valence-electron chi connectivity index (χ4n) is 0.775. The number of hydrogen-bond donors (Lipinski definition) is 1. The smallest absolute Gasteiger partial charge is 0.220 e. The van der Waals surface area contributed by atoms with Crippen LogP contribution in [0, 0.1) is 0 Å². The van der Waals surface area contributed by atoms with Crippen LogP contribution in [0.2, 0.25) is 0 Å². The van der Waals surface area contributed by atoms with Gasteiger partial charge in [-0.3, -0.25) is 0 Å². The number of oxime groups is 1. The summed E-state index contributed by atoms with van der Waals surface area (Å²) in [5, 5.41) is 11.1. The van der Waals surface area contributed by atoms with Gasteiger partial charge in [0.1, 0.15) is 6.21 Å². The van der Waals surface area contributed by atoms with E-state index in [2.05, 4.69) is 10.1 Å². The Balaban J connectivity index is 2.63. The van der Waals surface area contributed by atoms with Crippen molar-refractivity contribution < 1.29 is 9.62 Å². The summed E-state index contributed by atoms with van der Waals surface area (Å²) in [5.41, 5.74) is 0. The van der Waals surface area contributed by atoms with Gasteiger partial charge in [-0.15, -0.1) is 0 Å². The van der Waals surface area contributed by atoms with Crippen LogP contribution in [-0.4, -0.2) is 36.3 Å². The second-order valence-electron chi connectivity index (χ2n) is 2.74. The third-order valence-corrected chi connectivity index (χ3v) is 1.68. The summed E-state index contributed by atoms with van der Waals surface area (Å²) in [6.07, 6.45) is 2.89. The van der Waals surface area contributed by atoms with Gasteiger partial charge in [0.05, 0.1) is 6.34 Å². The summed E-state index contributed by atoms with van der Waals surface area (Å²) < 4.78 is 5.19. The first-order valence-electron chi connectivity index (χ1n) is 4.28. The lowest BCUT2D eigenvalue weighted by atomic mass is 10.5. The molecule has 1 N–H and O–H groups in total.